The standard InChI is InChI=1S/C28H22O12/c1-36-18-5-3-4-13(27(18)38-11-21(33)37-2)14-9-20(32)39-19-10-17(31)23-24(34)25(35)26(40-28(23)22(14)19)12-6-7-15(29)16(30)8-12/h3-8,10,14,29-31,35H,9,11H2,1-2H3/t14-/m1/s1. The molecule has 40 heavy (non-hydrogen) atoms. The molecule has 4 aromatic rings. The average Bonchev–Trinajstić information content (AvgIpc) is 2.93. The number of phenolic OH excluding ortho intramolecular Hbond substituents is 3. The summed E-state index contributed by atoms with van der Waals surface area (Å²) in [4.78, 5) is 37.8. The monoisotopic (exact) mass is 550 g/mol. The Hall–Kier alpha value is -5.39. The summed E-state index contributed by atoms with van der Waals surface area (Å²) < 4.78 is 27.2. The van der Waals surface area contributed by atoms with Crippen molar-refractivity contribution in [3.63, 3.8) is 0 Å². The van der Waals surface area contributed by atoms with Crippen LogP contribution < -0.4 is 19.6 Å². The first-order chi connectivity index (χ1) is 19.1. The number of esters is 2. The maximum absolute atomic E-state index is 13.3. The lowest BCUT2D eigenvalue weighted by atomic mass is 9.84. The van der Waals surface area contributed by atoms with E-state index in [1.54, 1.807) is 18.2 Å². The van der Waals surface area contributed by atoms with Gasteiger partial charge in [0, 0.05) is 28.7 Å². The van der Waals surface area contributed by atoms with E-state index < -0.39 is 52.9 Å². The van der Waals surface area contributed by atoms with Crippen molar-refractivity contribution in [1.29, 1.82) is 0 Å². The van der Waals surface area contributed by atoms with Crippen LogP contribution in [-0.2, 0) is 14.3 Å². The van der Waals surface area contributed by atoms with Crippen molar-refractivity contribution >= 4 is 22.9 Å². The van der Waals surface area contributed by atoms with Gasteiger partial charge in [0.1, 0.15) is 22.5 Å². The zero-order chi connectivity index (χ0) is 28.7. The topological polar surface area (TPSA) is 182 Å². The van der Waals surface area contributed by atoms with Crippen molar-refractivity contribution in [3.8, 4) is 51.6 Å². The number of para-hydroxylation sites is 1. The number of benzene rings is 3. The van der Waals surface area contributed by atoms with Gasteiger partial charge in [0.2, 0.25) is 11.2 Å². The van der Waals surface area contributed by atoms with E-state index in [0.29, 0.717) is 5.56 Å². The molecule has 5 rings (SSSR count). The first-order valence-electron chi connectivity index (χ1n) is 11.8. The van der Waals surface area contributed by atoms with E-state index in [-0.39, 0.29) is 51.5 Å². The molecular formula is C28H22O12. The fraction of sp³-hybridized carbons (Fsp3) is 0.179. The van der Waals surface area contributed by atoms with Gasteiger partial charge in [0.05, 0.1) is 20.6 Å². The molecule has 0 unspecified atom stereocenters. The molecular weight excluding hydrogens is 528 g/mol. The third kappa shape index (κ3) is 4.34. The maximum atomic E-state index is 13.3. The van der Waals surface area contributed by atoms with Gasteiger partial charge in [-0.2, -0.15) is 0 Å². The molecule has 3 aromatic carbocycles. The molecule has 1 aliphatic heterocycles. The molecule has 1 aliphatic rings. The van der Waals surface area contributed by atoms with Crippen molar-refractivity contribution in [3.05, 3.63) is 63.8 Å². The zero-order valence-corrected chi connectivity index (χ0v) is 21.1. The summed E-state index contributed by atoms with van der Waals surface area (Å²) in [7, 11) is 2.59. The summed E-state index contributed by atoms with van der Waals surface area (Å²) in [5, 5.41) is 40.7. The lowest BCUT2D eigenvalue weighted by Gasteiger charge is -2.28. The van der Waals surface area contributed by atoms with E-state index in [4.69, 9.17) is 18.6 Å². The van der Waals surface area contributed by atoms with Crippen LogP contribution in [0, 0.1) is 0 Å². The SMILES string of the molecule is COC(=O)COc1c(OC)cccc1[C@H]1CC(=O)Oc2cc(O)c3c(=O)c(O)c(-c4ccc(O)c(O)c4)oc3c21. The Morgan fingerprint density at radius 1 is 1.00 bits per heavy atom. The van der Waals surface area contributed by atoms with Gasteiger partial charge in [-0.05, 0) is 24.3 Å². The Balaban J connectivity index is 1.80. The smallest absolute Gasteiger partial charge is 0.343 e. The first kappa shape index (κ1) is 26.2. The number of hydrogen-bond acceptors (Lipinski definition) is 12. The quantitative estimate of drug-likeness (QED) is 0.156. The molecule has 0 spiro atoms. The number of hydrogen-bond donors (Lipinski definition) is 4. The Kier molecular flexibility index (Phi) is 6.59. The van der Waals surface area contributed by atoms with E-state index in [1.807, 2.05) is 0 Å². The molecule has 0 saturated heterocycles. The molecule has 0 amide bonds. The highest BCUT2D eigenvalue weighted by atomic mass is 16.6. The van der Waals surface area contributed by atoms with Crippen LogP contribution in [0.2, 0.25) is 0 Å². The lowest BCUT2D eigenvalue weighted by molar-refractivity contribution is -0.143. The fourth-order valence-electron chi connectivity index (χ4n) is 4.62. The minimum atomic E-state index is -0.993. The molecule has 1 atom stereocenters. The molecule has 0 aliphatic carbocycles. The molecule has 12 nitrogen and oxygen atoms in total. The summed E-state index contributed by atoms with van der Waals surface area (Å²) in [5.41, 5.74) is -0.624. The van der Waals surface area contributed by atoms with Gasteiger partial charge in [0.15, 0.2) is 35.4 Å². The molecule has 0 fully saturated rings. The molecule has 0 saturated carbocycles. The molecule has 0 radical (unpaired) electrons. The molecule has 206 valence electrons. The van der Waals surface area contributed by atoms with Crippen LogP contribution in [0.1, 0.15) is 23.5 Å². The Morgan fingerprint density at radius 3 is 2.48 bits per heavy atom. The first-order valence-corrected chi connectivity index (χ1v) is 11.8. The third-order valence-corrected chi connectivity index (χ3v) is 6.47. The average molecular weight is 550 g/mol. The number of phenols is 3. The van der Waals surface area contributed by atoms with E-state index in [9.17, 15) is 34.8 Å². The minimum absolute atomic E-state index is 0.0386. The highest BCUT2D eigenvalue weighted by Gasteiger charge is 2.36. The largest absolute Gasteiger partial charge is 0.507 e. The molecule has 0 bridgehead atoms. The van der Waals surface area contributed by atoms with E-state index in [0.717, 1.165) is 18.2 Å². The molecule has 12 heteroatoms. The number of carbonyl (C=O) groups excluding carboxylic acids is 2. The van der Waals surface area contributed by atoms with Gasteiger partial charge in [0.25, 0.3) is 0 Å². The predicted molar refractivity (Wildman–Crippen MR) is 137 cm³/mol. The molecule has 1 aromatic heterocycles. The number of fused-ring (bicyclic) bond motifs is 3. The number of ether oxygens (including phenoxy) is 4. The van der Waals surface area contributed by atoms with Crippen LogP contribution in [0.4, 0.5) is 0 Å². The predicted octanol–water partition coefficient (Wildman–Crippen LogP) is 3.28. The van der Waals surface area contributed by atoms with E-state index in [1.165, 1.54) is 20.3 Å². The molecule has 2 heterocycles. The van der Waals surface area contributed by atoms with Crippen LogP contribution in [-0.4, -0.2) is 53.2 Å². The summed E-state index contributed by atoms with van der Waals surface area (Å²) in [6, 6.07) is 9.42. The van der Waals surface area contributed by atoms with Crippen LogP contribution >= 0.6 is 0 Å². The Bertz CT molecular complexity index is 1740. The molecule has 4 N–H and O–H groups in total. The second-order valence-corrected chi connectivity index (χ2v) is 8.80. The summed E-state index contributed by atoms with van der Waals surface area (Å²) >= 11 is 0. The van der Waals surface area contributed by atoms with Crippen LogP contribution in [0.3, 0.4) is 0 Å². The Morgan fingerprint density at radius 2 is 1.77 bits per heavy atom. The van der Waals surface area contributed by atoms with Crippen molar-refractivity contribution < 1.29 is 53.4 Å². The van der Waals surface area contributed by atoms with Crippen LogP contribution in [0.15, 0.2) is 51.7 Å². The highest BCUT2D eigenvalue weighted by Crippen LogP contribution is 2.50. The van der Waals surface area contributed by atoms with Gasteiger partial charge in [-0.3, -0.25) is 9.59 Å². The van der Waals surface area contributed by atoms with Crippen molar-refractivity contribution in [2.45, 2.75) is 12.3 Å². The van der Waals surface area contributed by atoms with Crippen LogP contribution in [0.5, 0.6) is 40.2 Å². The van der Waals surface area contributed by atoms with E-state index >= 15 is 0 Å². The zero-order valence-electron chi connectivity index (χ0n) is 21.1. The van der Waals surface area contributed by atoms with Crippen molar-refractivity contribution in [2.24, 2.45) is 0 Å². The van der Waals surface area contributed by atoms with Crippen LogP contribution in [0.25, 0.3) is 22.3 Å². The summed E-state index contributed by atoms with van der Waals surface area (Å²) in [6.07, 6.45) is -0.255. The van der Waals surface area contributed by atoms with Gasteiger partial charge < -0.3 is 43.8 Å². The van der Waals surface area contributed by atoms with Crippen molar-refractivity contribution in [1.82, 2.24) is 0 Å². The van der Waals surface area contributed by atoms with Crippen molar-refractivity contribution in [2.75, 3.05) is 20.8 Å². The fourth-order valence-corrected chi connectivity index (χ4v) is 4.62. The van der Waals surface area contributed by atoms with Gasteiger partial charge in [-0.1, -0.05) is 12.1 Å². The number of carbonyl (C=O) groups is 2. The lowest BCUT2D eigenvalue weighted by Crippen LogP contribution is -2.23. The maximum Gasteiger partial charge on any atom is 0.343 e. The summed E-state index contributed by atoms with van der Waals surface area (Å²) in [5.74, 6) is -4.79. The normalized spacial score (nSPS) is 14.3. The number of aromatic hydroxyl groups is 4. The second kappa shape index (κ2) is 10.1. The second-order valence-electron chi connectivity index (χ2n) is 8.80. The number of rotatable bonds is 6. The summed E-state index contributed by atoms with van der Waals surface area (Å²) in [6.45, 7) is -0.471. The third-order valence-electron chi connectivity index (χ3n) is 6.47. The minimum Gasteiger partial charge on any atom is -0.507 e. The van der Waals surface area contributed by atoms with Gasteiger partial charge in [-0.15, -0.1) is 0 Å². The van der Waals surface area contributed by atoms with Gasteiger partial charge >= 0.3 is 11.9 Å². The van der Waals surface area contributed by atoms with E-state index in [2.05, 4.69) is 4.74 Å². The number of methoxy groups -OCH3 is 2. The Labute approximate surface area is 225 Å². The highest BCUT2D eigenvalue weighted by molar-refractivity contribution is 5.94. The van der Waals surface area contributed by atoms with Gasteiger partial charge in [-0.25, -0.2) is 4.79 Å².